The third-order valence-corrected chi connectivity index (χ3v) is 4.58. The molecule has 1 N–H and O–H groups in total. The highest BCUT2D eigenvalue weighted by molar-refractivity contribution is 5.80. The molecule has 2 aliphatic rings. The molecule has 2 atom stereocenters. The van der Waals surface area contributed by atoms with Crippen LogP contribution in [0, 0.1) is 0 Å². The second-order valence-corrected chi connectivity index (χ2v) is 7.53. The summed E-state index contributed by atoms with van der Waals surface area (Å²) in [4.78, 5) is 26.0. The van der Waals surface area contributed by atoms with Gasteiger partial charge in [0.05, 0.1) is 5.54 Å². The molecule has 1 aromatic carbocycles. The zero-order valence-corrected chi connectivity index (χ0v) is 14.0. The maximum atomic E-state index is 12.5. The molecule has 2 amide bonds. The number of rotatable bonds is 1. The molecule has 5 nitrogen and oxygen atoms in total. The van der Waals surface area contributed by atoms with Crippen LogP contribution in [0.15, 0.2) is 30.3 Å². The van der Waals surface area contributed by atoms with Gasteiger partial charge in [-0.2, -0.15) is 0 Å². The zero-order valence-electron chi connectivity index (χ0n) is 14.0. The largest absolute Gasteiger partial charge is 0.444 e. The Bertz CT molecular complexity index is 608. The lowest BCUT2D eigenvalue weighted by molar-refractivity contribution is -0.119. The van der Waals surface area contributed by atoms with Crippen LogP contribution in [0.2, 0.25) is 0 Å². The monoisotopic (exact) mass is 316 g/mol. The van der Waals surface area contributed by atoms with Crippen molar-refractivity contribution in [2.45, 2.75) is 50.7 Å². The second kappa shape index (κ2) is 5.55. The molecule has 0 saturated carbocycles. The molecule has 0 aliphatic carbocycles. The molecule has 2 saturated heterocycles. The van der Waals surface area contributed by atoms with Crippen molar-refractivity contribution in [1.82, 2.24) is 10.2 Å². The van der Waals surface area contributed by atoms with Crippen LogP contribution < -0.4 is 5.32 Å². The molecule has 1 aromatic rings. The van der Waals surface area contributed by atoms with E-state index in [9.17, 15) is 9.59 Å². The van der Waals surface area contributed by atoms with Gasteiger partial charge in [-0.15, -0.1) is 0 Å². The zero-order chi connectivity index (χ0) is 16.7. The summed E-state index contributed by atoms with van der Waals surface area (Å²) >= 11 is 0. The molecular formula is C18H24N2O3. The van der Waals surface area contributed by atoms with Crippen molar-refractivity contribution in [2.24, 2.45) is 0 Å². The summed E-state index contributed by atoms with van der Waals surface area (Å²) in [6, 6.07) is 10.1. The van der Waals surface area contributed by atoms with Gasteiger partial charge in [0.15, 0.2) is 0 Å². The molecule has 2 fully saturated rings. The fourth-order valence-corrected chi connectivity index (χ4v) is 3.60. The van der Waals surface area contributed by atoms with Crippen LogP contribution in [-0.2, 0) is 9.53 Å². The lowest BCUT2D eigenvalue weighted by atomic mass is 9.81. The number of ether oxygens (including phenoxy) is 1. The van der Waals surface area contributed by atoms with E-state index in [0.29, 0.717) is 19.5 Å². The van der Waals surface area contributed by atoms with Crippen LogP contribution in [0.3, 0.4) is 0 Å². The quantitative estimate of drug-likeness (QED) is 0.866. The summed E-state index contributed by atoms with van der Waals surface area (Å²) in [5.74, 6) is 0.166. The van der Waals surface area contributed by atoms with Gasteiger partial charge in [0, 0.05) is 25.4 Å². The first kappa shape index (κ1) is 15.8. The van der Waals surface area contributed by atoms with E-state index in [1.54, 1.807) is 4.90 Å². The van der Waals surface area contributed by atoms with Crippen LogP contribution in [0.4, 0.5) is 4.79 Å². The number of nitrogens with zero attached hydrogens (tertiary/aromatic N) is 1. The van der Waals surface area contributed by atoms with Crippen molar-refractivity contribution < 1.29 is 14.3 Å². The molecule has 1 unspecified atom stereocenters. The van der Waals surface area contributed by atoms with E-state index in [1.165, 1.54) is 0 Å². The van der Waals surface area contributed by atoms with Gasteiger partial charge in [-0.1, -0.05) is 30.3 Å². The Kier molecular flexibility index (Phi) is 3.82. The lowest BCUT2D eigenvalue weighted by Gasteiger charge is -2.30. The van der Waals surface area contributed by atoms with Crippen LogP contribution in [0.1, 0.15) is 45.1 Å². The molecular weight excluding hydrogens is 292 g/mol. The average molecular weight is 316 g/mol. The van der Waals surface area contributed by atoms with Crippen molar-refractivity contribution in [2.75, 3.05) is 13.1 Å². The number of hydrogen-bond acceptors (Lipinski definition) is 3. The summed E-state index contributed by atoms with van der Waals surface area (Å²) in [6.45, 7) is 6.67. The summed E-state index contributed by atoms with van der Waals surface area (Å²) in [6.07, 6.45) is 0.965. The Balaban J connectivity index is 1.86. The minimum absolute atomic E-state index is 0.0666. The fourth-order valence-electron chi connectivity index (χ4n) is 3.60. The first-order chi connectivity index (χ1) is 10.8. The highest BCUT2D eigenvalue weighted by Crippen LogP contribution is 2.42. The molecule has 5 heteroatoms. The molecule has 0 bridgehead atoms. The van der Waals surface area contributed by atoms with Crippen molar-refractivity contribution in [3.63, 3.8) is 0 Å². The highest BCUT2D eigenvalue weighted by atomic mass is 16.6. The third kappa shape index (κ3) is 3.19. The Morgan fingerprint density at radius 1 is 1.30 bits per heavy atom. The number of amides is 2. The molecule has 124 valence electrons. The molecule has 1 spiro atoms. The van der Waals surface area contributed by atoms with E-state index >= 15 is 0 Å². The van der Waals surface area contributed by atoms with E-state index in [0.717, 1.165) is 12.0 Å². The van der Waals surface area contributed by atoms with Gasteiger partial charge in [-0.25, -0.2) is 4.79 Å². The van der Waals surface area contributed by atoms with Crippen LogP contribution >= 0.6 is 0 Å². The SMILES string of the molecule is CC(C)(C)OC(=O)N1CC(c2ccccc2)[C@@]2(CCC(=O)N2)C1. The first-order valence-electron chi connectivity index (χ1n) is 8.13. The van der Waals surface area contributed by atoms with E-state index in [1.807, 2.05) is 39.0 Å². The number of hydrogen-bond donors (Lipinski definition) is 1. The van der Waals surface area contributed by atoms with Gasteiger partial charge in [0.2, 0.25) is 5.91 Å². The van der Waals surface area contributed by atoms with Crippen LogP contribution in [-0.4, -0.2) is 41.1 Å². The molecule has 23 heavy (non-hydrogen) atoms. The topological polar surface area (TPSA) is 58.6 Å². The first-order valence-corrected chi connectivity index (χ1v) is 8.13. The number of benzene rings is 1. The summed E-state index contributed by atoms with van der Waals surface area (Å²) in [7, 11) is 0. The minimum Gasteiger partial charge on any atom is -0.444 e. The summed E-state index contributed by atoms with van der Waals surface area (Å²) in [5, 5.41) is 3.14. The van der Waals surface area contributed by atoms with Crippen molar-refractivity contribution in [3.05, 3.63) is 35.9 Å². The van der Waals surface area contributed by atoms with E-state index in [4.69, 9.17) is 4.74 Å². The van der Waals surface area contributed by atoms with Crippen molar-refractivity contribution in [3.8, 4) is 0 Å². The normalized spacial score (nSPS) is 27.3. The Morgan fingerprint density at radius 3 is 2.57 bits per heavy atom. The Labute approximate surface area is 137 Å². The van der Waals surface area contributed by atoms with Crippen LogP contribution in [0.25, 0.3) is 0 Å². The standard InChI is InChI=1S/C18H24N2O3/c1-17(2,3)23-16(22)20-11-14(13-7-5-4-6-8-13)18(12-20)10-9-15(21)19-18/h4-8,14H,9-12H2,1-3H3,(H,19,21)/t14?,18-/m1/s1. The van der Waals surface area contributed by atoms with Gasteiger partial charge < -0.3 is 15.0 Å². The summed E-state index contributed by atoms with van der Waals surface area (Å²) in [5.41, 5.74) is 0.268. The Morgan fingerprint density at radius 2 is 2.00 bits per heavy atom. The predicted octanol–water partition coefficient (Wildman–Crippen LogP) is 2.67. The molecule has 2 aliphatic heterocycles. The second-order valence-electron chi connectivity index (χ2n) is 7.53. The number of likely N-dealkylation sites (tertiary alicyclic amines) is 1. The number of carbonyl (C=O) groups excluding carboxylic acids is 2. The van der Waals surface area contributed by atoms with Gasteiger partial charge in [0.25, 0.3) is 0 Å². The fraction of sp³-hybridized carbons (Fsp3) is 0.556. The average Bonchev–Trinajstić information content (AvgIpc) is 3.02. The Hall–Kier alpha value is -2.04. The number of carbonyl (C=O) groups is 2. The van der Waals surface area contributed by atoms with Gasteiger partial charge >= 0.3 is 6.09 Å². The van der Waals surface area contributed by atoms with Crippen LogP contribution in [0.5, 0.6) is 0 Å². The third-order valence-electron chi connectivity index (χ3n) is 4.58. The smallest absolute Gasteiger partial charge is 0.410 e. The van der Waals surface area contributed by atoms with Gasteiger partial charge in [-0.05, 0) is 32.8 Å². The van der Waals surface area contributed by atoms with E-state index < -0.39 is 5.60 Å². The lowest BCUT2D eigenvalue weighted by Crippen LogP contribution is -2.48. The summed E-state index contributed by atoms with van der Waals surface area (Å²) < 4.78 is 5.51. The molecule has 3 rings (SSSR count). The maximum Gasteiger partial charge on any atom is 0.410 e. The minimum atomic E-state index is -0.520. The van der Waals surface area contributed by atoms with Gasteiger partial charge in [-0.3, -0.25) is 4.79 Å². The predicted molar refractivity (Wildman–Crippen MR) is 87.1 cm³/mol. The van der Waals surface area contributed by atoms with E-state index in [2.05, 4.69) is 17.4 Å². The molecule has 0 radical (unpaired) electrons. The van der Waals surface area contributed by atoms with Crippen molar-refractivity contribution in [1.29, 1.82) is 0 Å². The molecule has 0 aromatic heterocycles. The van der Waals surface area contributed by atoms with Crippen molar-refractivity contribution >= 4 is 12.0 Å². The highest BCUT2D eigenvalue weighted by Gasteiger charge is 2.52. The van der Waals surface area contributed by atoms with Gasteiger partial charge in [0.1, 0.15) is 5.60 Å². The molecule has 2 heterocycles. The maximum absolute atomic E-state index is 12.5. The van der Waals surface area contributed by atoms with E-state index in [-0.39, 0.29) is 23.5 Å². The number of nitrogens with one attached hydrogen (secondary N) is 1.